The van der Waals surface area contributed by atoms with E-state index in [-0.39, 0.29) is 11.9 Å². The van der Waals surface area contributed by atoms with Gasteiger partial charge in [-0.2, -0.15) is 0 Å². The maximum atomic E-state index is 11.9. The molecule has 1 fully saturated rings. The molecule has 7 nitrogen and oxygen atoms in total. The molecule has 1 aliphatic rings. The molecule has 120 valence electrons. The van der Waals surface area contributed by atoms with E-state index in [2.05, 4.69) is 5.32 Å². The molecule has 6 N–H and O–H groups in total. The average molecular weight is 299 g/mol. The zero-order chi connectivity index (χ0) is 16.1. The molecule has 0 spiro atoms. The Bertz CT molecular complexity index is 407. The fraction of sp³-hybridized carbons (Fsp3) is 0.714. The number of aliphatic hydroxyl groups is 1. The van der Waals surface area contributed by atoms with Crippen LogP contribution in [0, 0.1) is 0 Å². The van der Waals surface area contributed by atoms with Crippen LogP contribution in [0.2, 0.25) is 0 Å². The van der Waals surface area contributed by atoms with Crippen molar-refractivity contribution in [2.75, 3.05) is 19.6 Å². The van der Waals surface area contributed by atoms with E-state index in [1.54, 1.807) is 11.1 Å². The molecule has 0 saturated carbocycles. The molecule has 1 heterocycles. The van der Waals surface area contributed by atoms with Gasteiger partial charge in [-0.15, -0.1) is 0 Å². The van der Waals surface area contributed by atoms with Crippen molar-refractivity contribution in [1.29, 1.82) is 0 Å². The van der Waals surface area contributed by atoms with Gasteiger partial charge in [0.1, 0.15) is 5.60 Å². The molecule has 0 aromatic heterocycles. The molecule has 0 unspecified atom stereocenters. The molecule has 0 aliphatic carbocycles. The number of carbonyl (C=O) groups excluding carboxylic acids is 1. The first-order valence-corrected chi connectivity index (χ1v) is 7.09. The number of carbonyl (C=O) groups is 1. The van der Waals surface area contributed by atoms with Gasteiger partial charge in [0.25, 0.3) is 5.84 Å². The molecular formula is C14H27N4O3+. The highest BCUT2D eigenvalue weighted by Gasteiger charge is 2.34. The van der Waals surface area contributed by atoms with Crippen LogP contribution in [-0.4, -0.2) is 52.8 Å². The van der Waals surface area contributed by atoms with E-state index in [0.29, 0.717) is 32.5 Å². The van der Waals surface area contributed by atoms with Crippen molar-refractivity contribution < 1.29 is 20.0 Å². The van der Waals surface area contributed by atoms with E-state index in [1.807, 2.05) is 20.8 Å². The third kappa shape index (κ3) is 6.48. The van der Waals surface area contributed by atoms with Gasteiger partial charge in [0.05, 0.1) is 5.60 Å². The van der Waals surface area contributed by atoms with E-state index in [4.69, 9.17) is 15.9 Å². The van der Waals surface area contributed by atoms with E-state index in [0.717, 1.165) is 0 Å². The highest BCUT2D eigenvalue weighted by Crippen LogP contribution is 2.23. The summed E-state index contributed by atoms with van der Waals surface area (Å²) in [6, 6.07) is 0. The van der Waals surface area contributed by atoms with Crippen molar-refractivity contribution in [3.8, 4) is 0 Å². The minimum absolute atomic E-state index is 0.203. The Morgan fingerprint density at radius 3 is 2.52 bits per heavy atom. The standard InChI is InChI=1S/C14H26N4O3/c1-13(2,3)21-12(19)18-8-5-14(20,6-9-18)10-17-7-4-11(15)16/h4,7,17,20H,5-6,8-10H2,1-3H3,(H3,15,16)/p+1/b7-4-. The molecular weight excluding hydrogens is 272 g/mol. The van der Waals surface area contributed by atoms with Crippen molar-refractivity contribution in [3.05, 3.63) is 12.3 Å². The number of amides is 1. The molecule has 0 bridgehead atoms. The lowest BCUT2D eigenvalue weighted by Crippen LogP contribution is -2.51. The first-order chi connectivity index (χ1) is 9.61. The summed E-state index contributed by atoms with van der Waals surface area (Å²) in [7, 11) is 0. The Labute approximate surface area is 125 Å². The monoisotopic (exact) mass is 299 g/mol. The van der Waals surface area contributed by atoms with E-state index in [9.17, 15) is 9.90 Å². The average Bonchev–Trinajstić information content (AvgIpc) is 2.33. The number of amidine groups is 1. The Morgan fingerprint density at radius 1 is 1.48 bits per heavy atom. The Balaban J connectivity index is 2.40. The van der Waals surface area contributed by atoms with Crippen molar-refractivity contribution in [2.24, 2.45) is 5.73 Å². The molecule has 1 amide bonds. The van der Waals surface area contributed by atoms with Crippen molar-refractivity contribution in [3.63, 3.8) is 0 Å². The topological polar surface area (TPSA) is 113 Å². The fourth-order valence-corrected chi connectivity index (χ4v) is 2.01. The number of hydrogen-bond donors (Lipinski definition) is 4. The summed E-state index contributed by atoms with van der Waals surface area (Å²) in [5.41, 5.74) is 3.95. The highest BCUT2D eigenvalue weighted by atomic mass is 16.6. The maximum Gasteiger partial charge on any atom is 0.410 e. The first kappa shape index (κ1) is 17.3. The van der Waals surface area contributed by atoms with Gasteiger partial charge in [0.2, 0.25) is 0 Å². The molecule has 0 aromatic rings. The van der Waals surface area contributed by atoms with Crippen LogP contribution in [0.3, 0.4) is 0 Å². The van der Waals surface area contributed by atoms with Crippen LogP contribution in [0.5, 0.6) is 0 Å². The minimum atomic E-state index is -0.841. The lowest BCUT2D eigenvalue weighted by molar-refractivity contribution is -0.113. The molecule has 21 heavy (non-hydrogen) atoms. The van der Waals surface area contributed by atoms with E-state index >= 15 is 0 Å². The van der Waals surface area contributed by atoms with Crippen molar-refractivity contribution in [2.45, 2.75) is 44.8 Å². The molecule has 0 radical (unpaired) electrons. The lowest BCUT2D eigenvalue weighted by Gasteiger charge is -2.38. The smallest absolute Gasteiger partial charge is 0.410 e. The molecule has 7 heteroatoms. The predicted molar refractivity (Wildman–Crippen MR) is 80.3 cm³/mol. The molecule has 1 aliphatic heterocycles. The number of hydrogen-bond acceptors (Lipinski definition) is 4. The normalized spacial score (nSPS) is 18.6. The number of ether oxygens (including phenoxy) is 1. The number of nitrogens with zero attached hydrogens (tertiary/aromatic N) is 1. The van der Waals surface area contributed by atoms with Gasteiger partial charge in [0.15, 0.2) is 0 Å². The van der Waals surface area contributed by atoms with Gasteiger partial charge in [0, 0.05) is 31.9 Å². The molecule has 1 saturated heterocycles. The summed E-state index contributed by atoms with van der Waals surface area (Å²) in [5.74, 6) is 0.203. The van der Waals surface area contributed by atoms with Gasteiger partial charge < -0.3 is 20.1 Å². The van der Waals surface area contributed by atoms with Crippen LogP contribution in [-0.2, 0) is 4.74 Å². The summed E-state index contributed by atoms with van der Waals surface area (Å²) in [6.45, 7) is 6.84. The van der Waals surface area contributed by atoms with E-state index in [1.165, 1.54) is 6.08 Å². The predicted octanol–water partition coefficient (Wildman–Crippen LogP) is -1.03. The minimum Gasteiger partial charge on any atom is -0.444 e. The largest absolute Gasteiger partial charge is 0.444 e. The number of rotatable bonds is 4. The molecule has 1 rings (SSSR count). The quantitative estimate of drug-likeness (QED) is 0.391. The number of likely N-dealkylation sites (tertiary alicyclic amines) is 1. The summed E-state index contributed by atoms with van der Waals surface area (Å²) in [5, 5.41) is 18.7. The second-order valence-electron chi connectivity index (χ2n) is 6.41. The summed E-state index contributed by atoms with van der Waals surface area (Å²) >= 11 is 0. The summed E-state index contributed by atoms with van der Waals surface area (Å²) < 4.78 is 5.32. The SMILES string of the molecule is CC(C)(C)OC(=O)N1CCC(O)(CN/C=C\C(N)=[NH2+])CC1. The van der Waals surface area contributed by atoms with Crippen LogP contribution in [0.25, 0.3) is 0 Å². The summed E-state index contributed by atoms with van der Waals surface area (Å²) in [4.78, 5) is 13.6. The Hall–Kier alpha value is -1.76. The van der Waals surface area contributed by atoms with Gasteiger partial charge in [-0.05, 0) is 33.6 Å². The third-order valence-electron chi connectivity index (χ3n) is 3.17. The molecule has 0 aromatic carbocycles. The van der Waals surface area contributed by atoms with Crippen LogP contribution < -0.4 is 16.5 Å². The zero-order valence-electron chi connectivity index (χ0n) is 13.1. The highest BCUT2D eigenvalue weighted by molar-refractivity contribution is 5.85. The van der Waals surface area contributed by atoms with Gasteiger partial charge >= 0.3 is 6.09 Å². The number of nitrogens with one attached hydrogen (secondary N) is 1. The second kappa shape index (κ2) is 6.80. The zero-order valence-corrected chi connectivity index (χ0v) is 13.1. The van der Waals surface area contributed by atoms with Gasteiger partial charge in [-0.25, -0.2) is 4.79 Å². The van der Waals surface area contributed by atoms with Crippen LogP contribution >= 0.6 is 0 Å². The first-order valence-electron chi connectivity index (χ1n) is 7.09. The van der Waals surface area contributed by atoms with Crippen LogP contribution in [0.4, 0.5) is 4.79 Å². The van der Waals surface area contributed by atoms with Gasteiger partial charge in [-0.3, -0.25) is 11.1 Å². The van der Waals surface area contributed by atoms with Crippen molar-refractivity contribution >= 4 is 11.9 Å². The lowest BCUT2D eigenvalue weighted by atomic mass is 9.91. The van der Waals surface area contributed by atoms with E-state index < -0.39 is 11.2 Å². The third-order valence-corrected chi connectivity index (χ3v) is 3.17. The summed E-state index contributed by atoms with van der Waals surface area (Å²) in [6.07, 6.45) is 3.79. The number of nitrogens with two attached hydrogens (primary N) is 2. The van der Waals surface area contributed by atoms with Crippen LogP contribution in [0.15, 0.2) is 12.3 Å². The fourth-order valence-electron chi connectivity index (χ4n) is 2.01. The number of piperidine rings is 1. The van der Waals surface area contributed by atoms with Crippen molar-refractivity contribution in [1.82, 2.24) is 10.2 Å². The Kier molecular flexibility index (Phi) is 5.60. The second-order valence-corrected chi connectivity index (χ2v) is 6.41. The molecule has 0 atom stereocenters. The maximum absolute atomic E-state index is 11.9. The van der Waals surface area contributed by atoms with Gasteiger partial charge in [-0.1, -0.05) is 0 Å². The Morgan fingerprint density at radius 2 is 2.05 bits per heavy atom. The van der Waals surface area contributed by atoms with Crippen LogP contribution in [0.1, 0.15) is 33.6 Å².